The van der Waals surface area contributed by atoms with Crippen LogP contribution in [0.25, 0.3) is 0 Å². The van der Waals surface area contributed by atoms with Crippen molar-refractivity contribution >= 4 is 5.82 Å². The minimum atomic E-state index is 0.113. The molecule has 2 rings (SSSR count). The highest BCUT2D eigenvalue weighted by atomic mass is 15.2. The third-order valence-corrected chi connectivity index (χ3v) is 4.13. The molecule has 0 amide bonds. The summed E-state index contributed by atoms with van der Waals surface area (Å²) in [6.07, 6.45) is 9.11. The van der Waals surface area contributed by atoms with E-state index in [0.717, 1.165) is 37.1 Å². The number of hydrogen-bond acceptors (Lipinski definition) is 4. The summed E-state index contributed by atoms with van der Waals surface area (Å²) in [5.74, 6) is 1.94. The summed E-state index contributed by atoms with van der Waals surface area (Å²) < 4.78 is 0. The molecule has 0 radical (unpaired) electrons. The maximum absolute atomic E-state index is 4.60. The van der Waals surface area contributed by atoms with Crippen molar-refractivity contribution in [2.24, 2.45) is 5.92 Å². The monoisotopic (exact) mass is 290 g/mol. The predicted molar refractivity (Wildman–Crippen MR) is 88.5 cm³/mol. The van der Waals surface area contributed by atoms with E-state index in [1.165, 1.54) is 25.7 Å². The highest BCUT2D eigenvalue weighted by Gasteiger charge is 2.19. The predicted octanol–water partition coefficient (Wildman–Crippen LogP) is 3.38. The molecule has 1 aromatic rings. The van der Waals surface area contributed by atoms with Gasteiger partial charge in [0.15, 0.2) is 0 Å². The molecule has 4 heteroatoms. The molecule has 118 valence electrons. The molecular formula is C17H30N4. The van der Waals surface area contributed by atoms with E-state index in [4.69, 9.17) is 0 Å². The first kappa shape index (κ1) is 16.2. The van der Waals surface area contributed by atoms with Crippen LogP contribution in [0.15, 0.2) is 12.4 Å². The van der Waals surface area contributed by atoms with Crippen LogP contribution in [0.1, 0.15) is 59.1 Å². The third kappa shape index (κ3) is 5.27. The molecule has 1 saturated heterocycles. The van der Waals surface area contributed by atoms with E-state index in [2.05, 4.69) is 47.9 Å². The summed E-state index contributed by atoms with van der Waals surface area (Å²) in [4.78, 5) is 11.5. The van der Waals surface area contributed by atoms with Crippen molar-refractivity contribution < 1.29 is 0 Å². The lowest BCUT2D eigenvalue weighted by Gasteiger charge is -2.32. The summed E-state index contributed by atoms with van der Waals surface area (Å²) in [6, 6.07) is 0. The Bertz CT molecular complexity index is 413. The average molecular weight is 290 g/mol. The minimum Gasteiger partial charge on any atom is -0.355 e. The zero-order valence-corrected chi connectivity index (χ0v) is 14.0. The second kappa shape index (κ2) is 7.21. The van der Waals surface area contributed by atoms with E-state index >= 15 is 0 Å². The molecule has 1 aromatic heterocycles. The molecule has 1 N–H and O–H groups in total. The molecule has 2 heterocycles. The normalized spacial score (nSPS) is 17.2. The van der Waals surface area contributed by atoms with Crippen molar-refractivity contribution in [3.63, 3.8) is 0 Å². The molecule has 1 aliphatic heterocycles. The van der Waals surface area contributed by atoms with Gasteiger partial charge in [-0.05, 0) is 39.5 Å². The number of anilines is 1. The molecule has 0 aromatic carbocycles. The SMILES string of the molecule is CCCC1CCN(c2cnc(CNC(C)(C)C)cn2)CC1. The van der Waals surface area contributed by atoms with Gasteiger partial charge in [0.2, 0.25) is 0 Å². The summed E-state index contributed by atoms with van der Waals surface area (Å²) in [7, 11) is 0. The fraction of sp³-hybridized carbons (Fsp3) is 0.765. The first-order chi connectivity index (χ1) is 9.98. The van der Waals surface area contributed by atoms with Crippen LogP contribution in [-0.4, -0.2) is 28.6 Å². The highest BCUT2D eigenvalue weighted by Crippen LogP contribution is 2.24. The largest absolute Gasteiger partial charge is 0.355 e. The van der Waals surface area contributed by atoms with Crippen LogP contribution >= 0.6 is 0 Å². The van der Waals surface area contributed by atoms with Gasteiger partial charge in [0, 0.05) is 25.2 Å². The Morgan fingerprint density at radius 3 is 2.43 bits per heavy atom. The van der Waals surface area contributed by atoms with Crippen molar-refractivity contribution in [1.82, 2.24) is 15.3 Å². The molecule has 4 nitrogen and oxygen atoms in total. The van der Waals surface area contributed by atoms with Crippen molar-refractivity contribution in [2.45, 2.75) is 65.5 Å². The molecule has 21 heavy (non-hydrogen) atoms. The van der Waals surface area contributed by atoms with Crippen molar-refractivity contribution in [1.29, 1.82) is 0 Å². The summed E-state index contributed by atoms with van der Waals surface area (Å²) in [5.41, 5.74) is 1.12. The van der Waals surface area contributed by atoms with Crippen LogP contribution in [0, 0.1) is 5.92 Å². The highest BCUT2D eigenvalue weighted by molar-refractivity contribution is 5.36. The van der Waals surface area contributed by atoms with Gasteiger partial charge in [-0.3, -0.25) is 4.98 Å². The van der Waals surface area contributed by atoms with Crippen LogP contribution in [0.2, 0.25) is 0 Å². The Kier molecular flexibility index (Phi) is 5.57. The lowest BCUT2D eigenvalue weighted by Crippen LogP contribution is -2.36. The molecule has 0 bridgehead atoms. The van der Waals surface area contributed by atoms with E-state index in [9.17, 15) is 0 Å². The smallest absolute Gasteiger partial charge is 0.147 e. The number of hydrogen-bond donors (Lipinski definition) is 1. The van der Waals surface area contributed by atoms with Crippen molar-refractivity contribution in [3.05, 3.63) is 18.1 Å². The van der Waals surface area contributed by atoms with Gasteiger partial charge < -0.3 is 10.2 Å². The number of piperidine rings is 1. The maximum atomic E-state index is 4.60. The fourth-order valence-corrected chi connectivity index (χ4v) is 2.82. The Balaban J connectivity index is 1.85. The van der Waals surface area contributed by atoms with Crippen LogP contribution in [0.4, 0.5) is 5.82 Å². The Morgan fingerprint density at radius 2 is 1.90 bits per heavy atom. The fourth-order valence-electron chi connectivity index (χ4n) is 2.82. The lowest BCUT2D eigenvalue weighted by atomic mass is 9.92. The Hall–Kier alpha value is -1.16. The molecule has 0 unspecified atom stereocenters. The van der Waals surface area contributed by atoms with Crippen LogP contribution < -0.4 is 10.2 Å². The third-order valence-electron chi connectivity index (χ3n) is 4.13. The van der Waals surface area contributed by atoms with E-state index < -0.39 is 0 Å². The topological polar surface area (TPSA) is 41.1 Å². The van der Waals surface area contributed by atoms with Crippen LogP contribution in [0.3, 0.4) is 0 Å². The van der Waals surface area contributed by atoms with Crippen molar-refractivity contribution in [3.8, 4) is 0 Å². The van der Waals surface area contributed by atoms with E-state index in [1.54, 1.807) is 0 Å². The molecule has 0 spiro atoms. The second-order valence-corrected chi connectivity index (χ2v) is 7.19. The van der Waals surface area contributed by atoms with Gasteiger partial charge >= 0.3 is 0 Å². The second-order valence-electron chi connectivity index (χ2n) is 7.19. The number of rotatable bonds is 5. The molecule has 0 aliphatic carbocycles. The average Bonchev–Trinajstić information content (AvgIpc) is 2.46. The molecule has 1 fully saturated rings. The van der Waals surface area contributed by atoms with Gasteiger partial charge in [-0.1, -0.05) is 19.8 Å². The quantitative estimate of drug-likeness (QED) is 0.902. The minimum absolute atomic E-state index is 0.113. The first-order valence-corrected chi connectivity index (χ1v) is 8.29. The van der Waals surface area contributed by atoms with Gasteiger partial charge in [-0.2, -0.15) is 0 Å². The Morgan fingerprint density at radius 1 is 1.19 bits per heavy atom. The van der Waals surface area contributed by atoms with Gasteiger partial charge in [0.25, 0.3) is 0 Å². The van der Waals surface area contributed by atoms with E-state index in [0.29, 0.717) is 0 Å². The van der Waals surface area contributed by atoms with E-state index in [1.807, 2.05) is 12.4 Å². The molecular weight excluding hydrogens is 260 g/mol. The van der Waals surface area contributed by atoms with Gasteiger partial charge in [-0.25, -0.2) is 4.98 Å². The first-order valence-electron chi connectivity index (χ1n) is 8.29. The number of nitrogens with zero attached hydrogens (tertiary/aromatic N) is 3. The zero-order chi connectivity index (χ0) is 15.3. The molecule has 1 aliphatic rings. The molecule has 0 saturated carbocycles. The van der Waals surface area contributed by atoms with Crippen LogP contribution in [0.5, 0.6) is 0 Å². The van der Waals surface area contributed by atoms with Crippen LogP contribution in [-0.2, 0) is 6.54 Å². The van der Waals surface area contributed by atoms with Gasteiger partial charge in [0.05, 0.1) is 18.1 Å². The zero-order valence-electron chi connectivity index (χ0n) is 14.0. The number of aromatic nitrogens is 2. The van der Waals surface area contributed by atoms with E-state index in [-0.39, 0.29) is 5.54 Å². The van der Waals surface area contributed by atoms with Crippen molar-refractivity contribution in [2.75, 3.05) is 18.0 Å². The number of nitrogens with one attached hydrogen (secondary N) is 1. The summed E-state index contributed by atoms with van der Waals surface area (Å²) >= 11 is 0. The lowest BCUT2D eigenvalue weighted by molar-refractivity contribution is 0.377. The summed E-state index contributed by atoms with van der Waals surface area (Å²) in [5, 5.41) is 3.44. The van der Waals surface area contributed by atoms with Gasteiger partial charge in [0.1, 0.15) is 5.82 Å². The summed E-state index contributed by atoms with van der Waals surface area (Å²) in [6.45, 7) is 11.8. The van der Waals surface area contributed by atoms with Gasteiger partial charge in [-0.15, -0.1) is 0 Å². The standard InChI is InChI=1S/C17H30N4/c1-5-6-14-7-9-21(10-8-14)16-13-18-15(11-19-16)12-20-17(2,3)4/h11,13-14,20H,5-10,12H2,1-4H3. The maximum Gasteiger partial charge on any atom is 0.147 e. The Labute approximate surface area is 129 Å². The molecule has 0 atom stereocenters.